The van der Waals surface area contributed by atoms with Crippen LogP contribution in [0.15, 0.2) is 36.2 Å². The van der Waals surface area contributed by atoms with E-state index in [-0.39, 0.29) is 37.7 Å². The van der Waals surface area contributed by atoms with Crippen molar-refractivity contribution in [3.05, 3.63) is 48.4 Å². The maximum atomic E-state index is 14.6. The van der Waals surface area contributed by atoms with Gasteiger partial charge in [-0.25, -0.2) is 17.7 Å². The van der Waals surface area contributed by atoms with Gasteiger partial charge in [-0.2, -0.15) is 0 Å². The van der Waals surface area contributed by atoms with Crippen molar-refractivity contribution >= 4 is 30.7 Å². The van der Waals surface area contributed by atoms with Gasteiger partial charge in [-0.1, -0.05) is 18.7 Å². The van der Waals surface area contributed by atoms with Crippen molar-refractivity contribution in [3.63, 3.8) is 0 Å². The zero-order valence-electron chi connectivity index (χ0n) is 17.5. The number of ketones is 1. The number of carbonyl (C=O) groups is 1. The Kier molecular flexibility index (Phi) is 8.48. The van der Waals surface area contributed by atoms with Gasteiger partial charge in [0.15, 0.2) is 29.1 Å². The van der Waals surface area contributed by atoms with E-state index in [4.69, 9.17) is 0 Å². The third kappa shape index (κ3) is 6.12. The zero-order chi connectivity index (χ0) is 24.1. The Labute approximate surface area is 183 Å². The fraction of sp³-hybridized carbons (Fsp3) is 0.368. The lowest BCUT2D eigenvalue weighted by Crippen LogP contribution is -2.33. The van der Waals surface area contributed by atoms with Gasteiger partial charge < -0.3 is 24.8 Å². The van der Waals surface area contributed by atoms with Crippen molar-refractivity contribution in [2.75, 3.05) is 37.0 Å². The Morgan fingerprint density at radius 2 is 2.12 bits per heavy atom. The van der Waals surface area contributed by atoms with E-state index in [1.165, 1.54) is 13.3 Å². The van der Waals surface area contributed by atoms with E-state index in [1.54, 1.807) is 6.92 Å². The molecule has 32 heavy (non-hydrogen) atoms. The molecule has 0 radical (unpaired) electrons. The summed E-state index contributed by atoms with van der Waals surface area (Å²) in [4.78, 5) is 36.1. The van der Waals surface area contributed by atoms with Crippen molar-refractivity contribution in [1.82, 2.24) is 4.67 Å². The number of amidine groups is 1. The van der Waals surface area contributed by atoms with Gasteiger partial charge in [0, 0.05) is 38.3 Å². The van der Waals surface area contributed by atoms with Crippen LogP contribution in [0.3, 0.4) is 0 Å². The predicted molar refractivity (Wildman–Crippen MR) is 113 cm³/mol. The van der Waals surface area contributed by atoms with Crippen molar-refractivity contribution in [2.24, 2.45) is 11.1 Å². The number of rotatable bonds is 9. The van der Waals surface area contributed by atoms with E-state index in [0.29, 0.717) is 4.67 Å². The zero-order valence-corrected chi connectivity index (χ0v) is 18.4. The number of hydrogen-bond donors (Lipinski definition) is 3. The van der Waals surface area contributed by atoms with Gasteiger partial charge in [-0.15, -0.1) is 0 Å². The van der Waals surface area contributed by atoms with Crippen LogP contribution >= 0.6 is 7.75 Å². The molecular weight excluding hydrogens is 452 g/mol. The van der Waals surface area contributed by atoms with Gasteiger partial charge in [-0.3, -0.25) is 9.46 Å². The summed E-state index contributed by atoms with van der Waals surface area (Å²) in [6.45, 7) is 4.69. The van der Waals surface area contributed by atoms with Gasteiger partial charge in [0.25, 0.3) is 0 Å². The molecule has 1 aromatic carbocycles. The van der Waals surface area contributed by atoms with E-state index < -0.39 is 42.5 Å². The Bertz CT molecular complexity index is 982. The molecule has 0 spiro atoms. The maximum Gasteiger partial charge on any atom is 0.431 e. The summed E-state index contributed by atoms with van der Waals surface area (Å²) in [5.41, 5.74) is -1.06. The molecule has 13 heteroatoms. The van der Waals surface area contributed by atoms with Crippen LogP contribution in [0.4, 0.5) is 24.5 Å². The molecule has 1 heterocycles. The van der Waals surface area contributed by atoms with E-state index >= 15 is 0 Å². The van der Waals surface area contributed by atoms with Crippen molar-refractivity contribution in [2.45, 2.75) is 13.3 Å². The molecule has 0 bridgehead atoms. The lowest BCUT2D eigenvalue weighted by molar-refractivity contribution is -0.114. The van der Waals surface area contributed by atoms with Crippen LogP contribution in [0.5, 0.6) is 0 Å². The third-order valence-corrected chi connectivity index (χ3v) is 5.53. The van der Waals surface area contributed by atoms with E-state index in [1.807, 2.05) is 0 Å². The highest BCUT2D eigenvalue weighted by Crippen LogP contribution is 2.41. The number of hydrogen-bond acceptors (Lipinski definition) is 6. The minimum absolute atomic E-state index is 0.0132. The highest BCUT2D eigenvalue weighted by molar-refractivity contribution is 7.50. The minimum Gasteiger partial charge on any atom is -0.397 e. The molecule has 0 saturated heterocycles. The minimum atomic E-state index is -4.79. The molecule has 1 atom stereocenters. The molecule has 1 aliphatic rings. The summed E-state index contributed by atoms with van der Waals surface area (Å²) in [7, 11) is -3.59. The number of benzene rings is 1. The summed E-state index contributed by atoms with van der Waals surface area (Å²) in [6, 6.07) is 0.785. The second-order valence-corrected chi connectivity index (χ2v) is 8.54. The number of anilines is 2. The van der Waals surface area contributed by atoms with E-state index in [9.17, 15) is 32.3 Å². The van der Waals surface area contributed by atoms with Crippen LogP contribution in [0.1, 0.15) is 13.3 Å². The molecule has 0 saturated carbocycles. The van der Waals surface area contributed by atoms with Crippen LogP contribution in [-0.4, -0.2) is 52.8 Å². The van der Waals surface area contributed by atoms with E-state index in [2.05, 4.69) is 21.9 Å². The first kappa shape index (κ1) is 25.4. The second-order valence-electron chi connectivity index (χ2n) is 7.03. The quantitative estimate of drug-likeness (QED) is 0.164. The van der Waals surface area contributed by atoms with Crippen LogP contribution in [0, 0.1) is 23.4 Å². The van der Waals surface area contributed by atoms with Gasteiger partial charge in [0.1, 0.15) is 12.8 Å². The Morgan fingerprint density at radius 1 is 1.44 bits per heavy atom. The predicted octanol–water partition coefficient (Wildman–Crippen LogP) is 2.99. The topological polar surface area (TPSA) is 115 Å². The summed E-state index contributed by atoms with van der Waals surface area (Å²) in [6.07, 6.45) is 3.49. The first-order valence-electron chi connectivity index (χ1n) is 9.45. The highest BCUT2D eigenvalue weighted by Gasteiger charge is 2.30. The summed E-state index contributed by atoms with van der Waals surface area (Å²) in [5, 5.41) is 6.05. The van der Waals surface area contributed by atoms with Crippen molar-refractivity contribution in [3.8, 4) is 0 Å². The molecule has 1 aromatic rings. The van der Waals surface area contributed by atoms with Gasteiger partial charge in [0.05, 0.1) is 5.69 Å². The molecule has 1 aliphatic heterocycles. The average Bonchev–Trinajstić information content (AvgIpc) is 2.72. The molecule has 0 amide bonds. The molecular formula is C19H24F3N4O5P. The number of nitrogens with one attached hydrogen (secondary N) is 1. The number of oxime groups is 1. The van der Waals surface area contributed by atoms with Crippen LogP contribution < -0.4 is 10.2 Å². The molecule has 0 unspecified atom stereocenters. The highest BCUT2D eigenvalue weighted by atomic mass is 31.2. The molecule has 0 fully saturated rings. The van der Waals surface area contributed by atoms with Gasteiger partial charge >= 0.3 is 7.75 Å². The van der Waals surface area contributed by atoms with Crippen molar-refractivity contribution < 1.29 is 37.2 Å². The SMILES string of the molecule is C=C/C(=N\OC)N(C[C@H](C)CNc1cc(F)c(N2C=CC(=O)CC2)c(F)c1F)P(=O)(O)O. The second kappa shape index (κ2) is 10.7. The molecule has 3 N–H and O–H groups in total. The Morgan fingerprint density at radius 3 is 2.66 bits per heavy atom. The van der Waals surface area contributed by atoms with E-state index in [0.717, 1.165) is 23.1 Å². The smallest absolute Gasteiger partial charge is 0.397 e. The van der Waals surface area contributed by atoms with Crippen molar-refractivity contribution in [1.29, 1.82) is 0 Å². The fourth-order valence-corrected chi connectivity index (χ4v) is 3.86. The largest absolute Gasteiger partial charge is 0.431 e. The number of allylic oxidation sites excluding steroid dienone is 1. The third-order valence-electron chi connectivity index (χ3n) is 4.53. The normalized spacial score (nSPS) is 15.5. The monoisotopic (exact) mass is 476 g/mol. The molecule has 176 valence electrons. The maximum absolute atomic E-state index is 14.6. The first-order chi connectivity index (χ1) is 15.0. The fourth-order valence-electron chi connectivity index (χ4n) is 2.99. The molecule has 0 aliphatic carbocycles. The van der Waals surface area contributed by atoms with Gasteiger partial charge in [-0.05, 0) is 18.1 Å². The van der Waals surface area contributed by atoms with Crippen LogP contribution in [0.2, 0.25) is 0 Å². The number of carbonyl (C=O) groups excluding carboxylic acids is 1. The summed E-state index contributed by atoms with van der Waals surface area (Å²) in [5.74, 6) is -4.72. The Balaban J connectivity index is 2.17. The number of nitrogens with zero attached hydrogens (tertiary/aromatic N) is 3. The van der Waals surface area contributed by atoms with Crippen LogP contribution in [0.25, 0.3) is 0 Å². The average molecular weight is 476 g/mol. The number of halogens is 3. The van der Waals surface area contributed by atoms with Gasteiger partial charge in [0.2, 0.25) is 0 Å². The summed E-state index contributed by atoms with van der Waals surface area (Å²) < 4.78 is 56.1. The van der Waals surface area contributed by atoms with Crippen LogP contribution in [-0.2, 0) is 14.2 Å². The lowest BCUT2D eigenvalue weighted by atomic mass is 10.1. The molecule has 9 nitrogen and oxygen atoms in total. The first-order valence-corrected chi connectivity index (χ1v) is 11.0. The Hall–Kier alpha value is -2.82. The summed E-state index contributed by atoms with van der Waals surface area (Å²) >= 11 is 0. The molecule has 2 rings (SSSR count). The standard InChI is InChI=1S/C19H24F3N4O5P/c1-4-16(24-31-3)26(32(28,29)30)11-12(2)10-23-15-9-14(20)19(18(22)17(15)21)25-7-5-13(27)6-8-25/h4-5,7,9,12,23H,1,6,8,10-11H2,2-3H3,(H2,28,29,30)/b24-16+/t12-/m1/s1. The molecule has 0 aromatic heterocycles. The lowest BCUT2D eigenvalue weighted by Gasteiger charge is -2.28.